The topological polar surface area (TPSA) is 51.2 Å². The number of aromatic nitrogens is 1. The number of halogens is 1. The molecule has 4 nitrogen and oxygen atoms in total. The Labute approximate surface area is 93.6 Å². The van der Waals surface area contributed by atoms with Crippen molar-refractivity contribution < 1.29 is 9.53 Å². The van der Waals surface area contributed by atoms with E-state index in [1.54, 1.807) is 25.4 Å². The Morgan fingerprint density at radius 1 is 1.67 bits per heavy atom. The molecule has 0 atom stereocenters. The van der Waals surface area contributed by atoms with Crippen LogP contribution in [0, 0.1) is 0 Å². The standard InChI is InChI=1S/C10H13ClN2O2/c1-2-15-10(14)4-6-13-9-3-5-12-7-8(9)11/h3,5,7H,2,4,6H2,1H3,(H,12,13). The summed E-state index contributed by atoms with van der Waals surface area (Å²) in [6, 6.07) is 1.76. The average Bonchev–Trinajstić information content (AvgIpc) is 2.21. The van der Waals surface area contributed by atoms with Crippen molar-refractivity contribution in [3.05, 3.63) is 23.5 Å². The second kappa shape index (κ2) is 6.24. The number of hydrogen-bond donors (Lipinski definition) is 1. The quantitative estimate of drug-likeness (QED) is 0.785. The summed E-state index contributed by atoms with van der Waals surface area (Å²) in [6.07, 6.45) is 3.51. The fourth-order valence-corrected chi connectivity index (χ4v) is 1.24. The molecular formula is C10H13ClN2O2. The number of esters is 1. The monoisotopic (exact) mass is 228 g/mol. The third-order valence-electron chi connectivity index (χ3n) is 1.72. The lowest BCUT2D eigenvalue weighted by atomic mass is 10.3. The summed E-state index contributed by atoms with van der Waals surface area (Å²) in [4.78, 5) is 14.9. The summed E-state index contributed by atoms with van der Waals surface area (Å²) in [5.41, 5.74) is 0.774. The lowest BCUT2D eigenvalue weighted by molar-refractivity contribution is -0.142. The number of carbonyl (C=O) groups excluding carboxylic acids is 1. The molecule has 0 saturated heterocycles. The van der Waals surface area contributed by atoms with Crippen LogP contribution in [-0.4, -0.2) is 24.1 Å². The Morgan fingerprint density at radius 2 is 2.47 bits per heavy atom. The number of ether oxygens (including phenoxy) is 1. The molecule has 0 fully saturated rings. The minimum absolute atomic E-state index is 0.213. The molecule has 1 aromatic rings. The molecule has 0 saturated carbocycles. The van der Waals surface area contributed by atoms with Crippen molar-refractivity contribution in [3.63, 3.8) is 0 Å². The second-order valence-electron chi connectivity index (χ2n) is 2.84. The number of pyridine rings is 1. The van der Waals surface area contributed by atoms with Crippen LogP contribution in [0.2, 0.25) is 5.02 Å². The largest absolute Gasteiger partial charge is 0.466 e. The minimum Gasteiger partial charge on any atom is -0.466 e. The highest BCUT2D eigenvalue weighted by molar-refractivity contribution is 6.33. The van der Waals surface area contributed by atoms with E-state index < -0.39 is 0 Å². The predicted molar refractivity (Wildman–Crippen MR) is 59.0 cm³/mol. The zero-order chi connectivity index (χ0) is 11.1. The van der Waals surface area contributed by atoms with Crippen molar-refractivity contribution in [2.75, 3.05) is 18.5 Å². The van der Waals surface area contributed by atoms with E-state index in [1.165, 1.54) is 0 Å². The molecule has 82 valence electrons. The van der Waals surface area contributed by atoms with Crippen molar-refractivity contribution >= 4 is 23.3 Å². The highest BCUT2D eigenvalue weighted by Gasteiger charge is 2.02. The molecule has 15 heavy (non-hydrogen) atoms. The van der Waals surface area contributed by atoms with Gasteiger partial charge in [-0.2, -0.15) is 0 Å². The third-order valence-corrected chi connectivity index (χ3v) is 2.02. The maximum atomic E-state index is 11.0. The zero-order valence-electron chi connectivity index (χ0n) is 8.50. The summed E-state index contributed by atoms with van der Waals surface area (Å²) < 4.78 is 4.79. The molecule has 1 N–H and O–H groups in total. The molecule has 1 heterocycles. The van der Waals surface area contributed by atoms with Gasteiger partial charge in [0.15, 0.2) is 0 Å². The van der Waals surface area contributed by atoms with Gasteiger partial charge in [0, 0.05) is 18.9 Å². The van der Waals surface area contributed by atoms with Gasteiger partial charge in [-0.3, -0.25) is 9.78 Å². The van der Waals surface area contributed by atoms with E-state index in [0.29, 0.717) is 24.6 Å². The average molecular weight is 229 g/mol. The van der Waals surface area contributed by atoms with E-state index in [0.717, 1.165) is 5.69 Å². The number of nitrogens with one attached hydrogen (secondary N) is 1. The van der Waals surface area contributed by atoms with Gasteiger partial charge in [-0.1, -0.05) is 11.6 Å². The first-order valence-corrected chi connectivity index (χ1v) is 5.11. The molecule has 0 aliphatic heterocycles. The van der Waals surface area contributed by atoms with Gasteiger partial charge >= 0.3 is 5.97 Å². The molecule has 0 bridgehead atoms. The number of hydrogen-bond acceptors (Lipinski definition) is 4. The van der Waals surface area contributed by atoms with Crippen LogP contribution in [0.3, 0.4) is 0 Å². The summed E-state index contributed by atoms with van der Waals surface area (Å²) >= 11 is 5.86. The number of anilines is 1. The van der Waals surface area contributed by atoms with Crippen molar-refractivity contribution in [1.29, 1.82) is 0 Å². The maximum absolute atomic E-state index is 11.0. The summed E-state index contributed by atoms with van der Waals surface area (Å²) in [5.74, 6) is -0.213. The third kappa shape index (κ3) is 4.16. The Bertz CT molecular complexity index is 331. The smallest absolute Gasteiger partial charge is 0.307 e. The van der Waals surface area contributed by atoms with Crippen LogP contribution < -0.4 is 5.32 Å². The highest BCUT2D eigenvalue weighted by atomic mass is 35.5. The molecule has 5 heteroatoms. The van der Waals surface area contributed by atoms with Gasteiger partial charge in [0.2, 0.25) is 0 Å². The normalized spacial score (nSPS) is 9.73. The molecule has 0 aromatic carbocycles. The van der Waals surface area contributed by atoms with E-state index in [9.17, 15) is 4.79 Å². The van der Waals surface area contributed by atoms with E-state index in [4.69, 9.17) is 16.3 Å². The van der Waals surface area contributed by atoms with Crippen molar-refractivity contribution in [3.8, 4) is 0 Å². The number of rotatable bonds is 5. The predicted octanol–water partition coefficient (Wildman–Crippen LogP) is 2.10. The lowest BCUT2D eigenvalue weighted by Gasteiger charge is -2.06. The summed E-state index contributed by atoms with van der Waals surface area (Å²) in [5, 5.41) is 3.57. The highest BCUT2D eigenvalue weighted by Crippen LogP contribution is 2.18. The fourth-order valence-electron chi connectivity index (χ4n) is 1.05. The Kier molecular flexibility index (Phi) is 4.90. The summed E-state index contributed by atoms with van der Waals surface area (Å²) in [7, 11) is 0. The Morgan fingerprint density at radius 3 is 3.13 bits per heavy atom. The van der Waals surface area contributed by atoms with Crippen LogP contribution in [0.15, 0.2) is 18.5 Å². The number of nitrogens with zero attached hydrogens (tertiary/aromatic N) is 1. The Balaban J connectivity index is 2.32. The fraction of sp³-hybridized carbons (Fsp3) is 0.400. The first-order valence-electron chi connectivity index (χ1n) is 4.73. The molecule has 1 aromatic heterocycles. The van der Waals surface area contributed by atoms with Crippen LogP contribution in [0.1, 0.15) is 13.3 Å². The number of carbonyl (C=O) groups is 1. The van der Waals surface area contributed by atoms with Gasteiger partial charge in [0.05, 0.1) is 23.7 Å². The zero-order valence-corrected chi connectivity index (χ0v) is 9.25. The van der Waals surface area contributed by atoms with Crippen LogP contribution in [-0.2, 0) is 9.53 Å². The first kappa shape index (κ1) is 11.8. The SMILES string of the molecule is CCOC(=O)CCNc1ccncc1Cl. The van der Waals surface area contributed by atoms with E-state index >= 15 is 0 Å². The van der Waals surface area contributed by atoms with Gasteiger partial charge in [0.25, 0.3) is 0 Å². The van der Waals surface area contributed by atoms with Gasteiger partial charge in [0.1, 0.15) is 0 Å². The minimum atomic E-state index is -0.213. The van der Waals surface area contributed by atoms with E-state index in [1.807, 2.05) is 0 Å². The molecule has 0 amide bonds. The second-order valence-corrected chi connectivity index (χ2v) is 3.24. The lowest BCUT2D eigenvalue weighted by Crippen LogP contribution is -2.11. The Hall–Kier alpha value is -1.29. The van der Waals surface area contributed by atoms with E-state index in [-0.39, 0.29) is 5.97 Å². The maximum Gasteiger partial charge on any atom is 0.307 e. The van der Waals surface area contributed by atoms with Gasteiger partial charge in [-0.15, -0.1) is 0 Å². The first-order chi connectivity index (χ1) is 7.24. The molecule has 0 radical (unpaired) electrons. The van der Waals surface area contributed by atoms with Gasteiger partial charge < -0.3 is 10.1 Å². The van der Waals surface area contributed by atoms with Crippen LogP contribution in [0.4, 0.5) is 5.69 Å². The van der Waals surface area contributed by atoms with Crippen LogP contribution in [0.25, 0.3) is 0 Å². The van der Waals surface area contributed by atoms with Gasteiger partial charge in [-0.05, 0) is 13.0 Å². The van der Waals surface area contributed by atoms with Crippen LogP contribution in [0.5, 0.6) is 0 Å². The van der Waals surface area contributed by atoms with Gasteiger partial charge in [-0.25, -0.2) is 0 Å². The molecular weight excluding hydrogens is 216 g/mol. The molecule has 0 unspecified atom stereocenters. The van der Waals surface area contributed by atoms with Crippen molar-refractivity contribution in [1.82, 2.24) is 4.98 Å². The molecule has 0 aliphatic rings. The molecule has 0 aliphatic carbocycles. The van der Waals surface area contributed by atoms with Crippen molar-refractivity contribution in [2.24, 2.45) is 0 Å². The van der Waals surface area contributed by atoms with Crippen molar-refractivity contribution in [2.45, 2.75) is 13.3 Å². The molecule has 1 rings (SSSR count). The summed E-state index contributed by atoms with van der Waals surface area (Å²) in [6.45, 7) is 2.70. The molecule has 0 spiro atoms. The van der Waals surface area contributed by atoms with E-state index in [2.05, 4.69) is 10.3 Å². The van der Waals surface area contributed by atoms with Crippen LogP contribution >= 0.6 is 11.6 Å².